The number of hydrogen-bond acceptors (Lipinski definition) is 4. The average molecular weight is 332 g/mol. The highest BCUT2D eigenvalue weighted by Crippen LogP contribution is 2.40. The van der Waals surface area contributed by atoms with Gasteiger partial charge in [0.1, 0.15) is 0 Å². The maximum Gasteiger partial charge on any atom is 0.270 e. The lowest BCUT2D eigenvalue weighted by molar-refractivity contribution is -0.384. The van der Waals surface area contributed by atoms with E-state index in [0.29, 0.717) is 18.0 Å². The summed E-state index contributed by atoms with van der Waals surface area (Å²) in [6, 6.07) is 10.1. The quantitative estimate of drug-likeness (QED) is 0.688. The standard InChI is InChI=1S/C17H17N3O2.ClH/c21-20(22)15-3-1-2-11(7-15)12-6-13(10-18-9-12)16-8-14-4-5-17(16)19-14;/h1-3,6-7,9-10,14,16-17,19H,4-5,8H2;1H. The number of nitro groups is 1. The van der Waals surface area contributed by atoms with E-state index in [1.165, 1.54) is 30.9 Å². The van der Waals surface area contributed by atoms with Crippen LogP contribution in [0.4, 0.5) is 5.69 Å². The zero-order valence-corrected chi connectivity index (χ0v) is 13.3. The molecule has 23 heavy (non-hydrogen) atoms. The molecule has 2 aliphatic heterocycles. The molecule has 1 aromatic carbocycles. The first-order valence-electron chi connectivity index (χ1n) is 7.66. The summed E-state index contributed by atoms with van der Waals surface area (Å²) in [5, 5.41) is 14.6. The van der Waals surface area contributed by atoms with Crippen molar-refractivity contribution >= 4 is 18.1 Å². The highest BCUT2D eigenvalue weighted by molar-refractivity contribution is 5.85. The van der Waals surface area contributed by atoms with Crippen LogP contribution in [0.15, 0.2) is 42.7 Å². The molecule has 2 fully saturated rings. The summed E-state index contributed by atoms with van der Waals surface area (Å²) in [6.45, 7) is 0. The second-order valence-corrected chi connectivity index (χ2v) is 6.20. The molecule has 0 saturated carbocycles. The van der Waals surface area contributed by atoms with Crippen molar-refractivity contribution in [3.05, 3.63) is 58.4 Å². The van der Waals surface area contributed by atoms with Gasteiger partial charge in [0, 0.05) is 48.1 Å². The summed E-state index contributed by atoms with van der Waals surface area (Å²) in [7, 11) is 0. The molecule has 0 aliphatic carbocycles. The lowest BCUT2D eigenvalue weighted by Gasteiger charge is -2.20. The van der Waals surface area contributed by atoms with Crippen LogP contribution < -0.4 is 5.32 Å². The molecule has 2 aromatic rings. The molecule has 0 spiro atoms. The minimum Gasteiger partial charge on any atom is -0.311 e. The Hall–Kier alpha value is -1.98. The first-order valence-corrected chi connectivity index (χ1v) is 7.66. The number of nitro benzene ring substituents is 1. The van der Waals surface area contributed by atoms with Crippen LogP contribution >= 0.6 is 12.4 Å². The van der Waals surface area contributed by atoms with Gasteiger partial charge in [-0.15, -0.1) is 12.4 Å². The molecule has 3 unspecified atom stereocenters. The van der Waals surface area contributed by atoms with Gasteiger partial charge in [-0.1, -0.05) is 12.1 Å². The van der Waals surface area contributed by atoms with Gasteiger partial charge in [-0.2, -0.15) is 0 Å². The average Bonchev–Trinajstić information content (AvgIpc) is 3.18. The Bertz CT molecular complexity index is 737. The first-order chi connectivity index (χ1) is 10.7. The minimum atomic E-state index is -0.360. The van der Waals surface area contributed by atoms with Crippen molar-refractivity contribution in [3.8, 4) is 11.1 Å². The van der Waals surface area contributed by atoms with Crippen LogP contribution in [0.1, 0.15) is 30.7 Å². The smallest absolute Gasteiger partial charge is 0.270 e. The second kappa shape index (κ2) is 6.26. The summed E-state index contributed by atoms with van der Waals surface area (Å²) in [4.78, 5) is 14.9. The molecule has 2 aliphatic rings. The third-order valence-corrected chi connectivity index (χ3v) is 4.88. The topological polar surface area (TPSA) is 68.1 Å². The number of non-ortho nitro benzene ring substituents is 1. The Labute approximate surface area is 140 Å². The minimum absolute atomic E-state index is 0. The molecule has 120 valence electrons. The fourth-order valence-electron chi connectivity index (χ4n) is 3.81. The summed E-state index contributed by atoms with van der Waals surface area (Å²) >= 11 is 0. The van der Waals surface area contributed by atoms with Gasteiger partial charge in [-0.3, -0.25) is 15.1 Å². The van der Waals surface area contributed by atoms with Crippen LogP contribution in [0.25, 0.3) is 11.1 Å². The third-order valence-electron chi connectivity index (χ3n) is 4.88. The monoisotopic (exact) mass is 331 g/mol. The van der Waals surface area contributed by atoms with Crippen molar-refractivity contribution in [2.45, 2.75) is 37.3 Å². The van der Waals surface area contributed by atoms with Gasteiger partial charge < -0.3 is 5.32 Å². The fraction of sp³-hybridized carbons (Fsp3) is 0.353. The number of hydrogen-bond donors (Lipinski definition) is 1. The number of nitrogens with one attached hydrogen (secondary N) is 1. The SMILES string of the molecule is Cl.O=[N+]([O-])c1cccc(-c2cncc(C3CC4CCC3N4)c2)c1. The maximum absolute atomic E-state index is 10.9. The number of fused-ring (bicyclic) bond motifs is 2. The number of pyridine rings is 1. The van der Waals surface area contributed by atoms with Crippen molar-refractivity contribution in [3.63, 3.8) is 0 Å². The number of benzene rings is 1. The zero-order valence-electron chi connectivity index (χ0n) is 12.5. The molecular weight excluding hydrogens is 314 g/mol. The molecule has 3 heterocycles. The Morgan fingerprint density at radius 2 is 2.04 bits per heavy atom. The molecule has 2 saturated heterocycles. The van der Waals surface area contributed by atoms with Crippen LogP contribution in [0.2, 0.25) is 0 Å². The van der Waals surface area contributed by atoms with E-state index in [4.69, 9.17) is 0 Å². The van der Waals surface area contributed by atoms with Gasteiger partial charge in [0.2, 0.25) is 0 Å². The van der Waals surface area contributed by atoms with Gasteiger partial charge in [-0.25, -0.2) is 0 Å². The van der Waals surface area contributed by atoms with Gasteiger partial charge in [0.15, 0.2) is 0 Å². The predicted octanol–water partition coefficient (Wildman–Crippen LogP) is 3.69. The highest BCUT2D eigenvalue weighted by atomic mass is 35.5. The Kier molecular flexibility index (Phi) is 4.33. The molecular formula is C17H18ClN3O2. The Morgan fingerprint density at radius 1 is 1.17 bits per heavy atom. The van der Waals surface area contributed by atoms with Crippen molar-refractivity contribution < 1.29 is 4.92 Å². The normalized spacial score (nSPS) is 25.1. The summed E-state index contributed by atoms with van der Waals surface area (Å²) < 4.78 is 0. The maximum atomic E-state index is 10.9. The van der Waals surface area contributed by atoms with Gasteiger partial charge in [0.25, 0.3) is 5.69 Å². The van der Waals surface area contributed by atoms with Crippen molar-refractivity contribution in [1.82, 2.24) is 10.3 Å². The molecule has 6 heteroatoms. The molecule has 3 atom stereocenters. The van der Waals surface area contributed by atoms with E-state index in [1.807, 2.05) is 12.3 Å². The van der Waals surface area contributed by atoms with E-state index in [0.717, 1.165) is 11.1 Å². The summed E-state index contributed by atoms with van der Waals surface area (Å²) in [5.41, 5.74) is 3.15. The molecule has 4 rings (SSSR count). The largest absolute Gasteiger partial charge is 0.311 e. The van der Waals surface area contributed by atoms with Crippen LogP contribution in [0.5, 0.6) is 0 Å². The van der Waals surface area contributed by atoms with Crippen LogP contribution in [0.3, 0.4) is 0 Å². The summed E-state index contributed by atoms with van der Waals surface area (Å²) in [6.07, 6.45) is 7.40. The molecule has 0 amide bonds. The van der Waals surface area contributed by atoms with Crippen molar-refractivity contribution in [1.29, 1.82) is 0 Å². The molecule has 1 N–H and O–H groups in total. The lowest BCUT2D eigenvalue weighted by Crippen LogP contribution is -2.21. The predicted molar refractivity (Wildman–Crippen MR) is 90.9 cm³/mol. The van der Waals surface area contributed by atoms with E-state index < -0.39 is 0 Å². The number of rotatable bonds is 3. The Morgan fingerprint density at radius 3 is 2.74 bits per heavy atom. The van der Waals surface area contributed by atoms with Crippen LogP contribution in [-0.2, 0) is 0 Å². The van der Waals surface area contributed by atoms with E-state index in [9.17, 15) is 10.1 Å². The number of nitrogens with zero attached hydrogens (tertiary/aromatic N) is 2. The van der Waals surface area contributed by atoms with Crippen LogP contribution in [-0.4, -0.2) is 22.0 Å². The van der Waals surface area contributed by atoms with E-state index in [2.05, 4.69) is 16.4 Å². The van der Waals surface area contributed by atoms with Gasteiger partial charge in [-0.05, 0) is 36.5 Å². The highest BCUT2D eigenvalue weighted by Gasteiger charge is 2.39. The van der Waals surface area contributed by atoms with Gasteiger partial charge >= 0.3 is 0 Å². The van der Waals surface area contributed by atoms with E-state index in [-0.39, 0.29) is 23.0 Å². The van der Waals surface area contributed by atoms with Crippen molar-refractivity contribution in [2.75, 3.05) is 0 Å². The second-order valence-electron chi connectivity index (χ2n) is 6.20. The zero-order chi connectivity index (χ0) is 15.1. The van der Waals surface area contributed by atoms with E-state index >= 15 is 0 Å². The number of aromatic nitrogens is 1. The van der Waals surface area contributed by atoms with Crippen LogP contribution in [0, 0.1) is 10.1 Å². The molecule has 1 aromatic heterocycles. The molecule has 2 bridgehead atoms. The summed E-state index contributed by atoms with van der Waals surface area (Å²) in [5.74, 6) is 0.518. The third kappa shape index (κ3) is 2.94. The van der Waals surface area contributed by atoms with E-state index in [1.54, 1.807) is 18.3 Å². The lowest BCUT2D eigenvalue weighted by atomic mass is 9.84. The molecule has 0 radical (unpaired) electrons. The Balaban J connectivity index is 0.00000156. The molecule has 5 nitrogen and oxygen atoms in total. The van der Waals surface area contributed by atoms with Gasteiger partial charge in [0.05, 0.1) is 4.92 Å². The first kappa shape index (κ1) is 15.9. The number of halogens is 1. The van der Waals surface area contributed by atoms with Crippen molar-refractivity contribution in [2.24, 2.45) is 0 Å². The fourth-order valence-corrected chi connectivity index (χ4v) is 3.81.